The predicted octanol–water partition coefficient (Wildman–Crippen LogP) is 2.72. The van der Waals surface area contributed by atoms with Gasteiger partial charge in [-0.25, -0.2) is 0 Å². The van der Waals surface area contributed by atoms with Crippen molar-refractivity contribution in [1.29, 1.82) is 5.26 Å². The molecule has 0 bridgehead atoms. The number of hydrogen-bond acceptors (Lipinski definition) is 3. The lowest BCUT2D eigenvalue weighted by molar-refractivity contribution is 0.119. The Morgan fingerprint density at radius 2 is 2.00 bits per heavy atom. The van der Waals surface area contributed by atoms with E-state index < -0.39 is 0 Å². The van der Waals surface area contributed by atoms with Crippen LogP contribution in [-0.4, -0.2) is 25.8 Å². The van der Waals surface area contributed by atoms with Crippen LogP contribution in [0.1, 0.15) is 46.5 Å². The van der Waals surface area contributed by atoms with Gasteiger partial charge in [0.25, 0.3) is 0 Å². The highest BCUT2D eigenvalue weighted by Crippen LogP contribution is 2.12. The summed E-state index contributed by atoms with van der Waals surface area (Å²) >= 11 is 0. The molecule has 0 aromatic heterocycles. The molecule has 0 aromatic carbocycles. The van der Waals surface area contributed by atoms with Crippen LogP contribution in [0, 0.1) is 17.2 Å². The number of nitriles is 1. The minimum absolute atomic E-state index is 0.377. The van der Waals surface area contributed by atoms with E-state index in [1.54, 1.807) is 0 Å². The van der Waals surface area contributed by atoms with Crippen molar-refractivity contribution in [1.82, 2.24) is 5.32 Å². The molecule has 0 aromatic rings. The number of hydrogen-bond donors (Lipinski definition) is 1. The third-order valence-corrected chi connectivity index (χ3v) is 2.85. The first-order chi connectivity index (χ1) is 7.54. The number of nitrogens with zero attached hydrogens (tertiary/aromatic N) is 1. The Balaban J connectivity index is 3.37. The van der Waals surface area contributed by atoms with Crippen molar-refractivity contribution in [3.05, 3.63) is 0 Å². The molecule has 0 spiro atoms. The maximum Gasteiger partial charge on any atom is 0.103 e. The van der Waals surface area contributed by atoms with Gasteiger partial charge in [0.05, 0.1) is 6.07 Å². The number of nitrogens with one attached hydrogen (secondary N) is 1. The van der Waals surface area contributed by atoms with Crippen LogP contribution in [-0.2, 0) is 4.74 Å². The Morgan fingerprint density at radius 3 is 2.50 bits per heavy atom. The molecule has 0 amide bonds. The van der Waals surface area contributed by atoms with Gasteiger partial charge in [-0.15, -0.1) is 0 Å². The molecule has 1 N–H and O–H groups in total. The fraction of sp³-hybridized carbons (Fsp3) is 0.923. The molecule has 0 heterocycles. The third kappa shape index (κ3) is 7.67. The molecular formula is C13H26N2O. The molecule has 0 fully saturated rings. The molecule has 0 aliphatic rings. The minimum Gasteiger partial charge on any atom is -0.381 e. The number of rotatable bonds is 9. The lowest BCUT2D eigenvalue weighted by atomic mass is 9.97. The van der Waals surface area contributed by atoms with Crippen LogP contribution < -0.4 is 5.32 Å². The summed E-state index contributed by atoms with van der Waals surface area (Å²) in [6.07, 6.45) is 4.09. The summed E-state index contributed by atoms with van der Waals surface area (Å²) in [5.74, 6) is 0.714. The Hall–Kier alpha value is -0.590. The Kier molecular flexibility index (Phi) is 8.23. The summed E-state index contributed by atoms with van der Waals surface area (Å²) in [5, 5.41) is 12.0. The molecule has 0 saturated carbocycles. The zero-order valence-corrected chi connectivity index (χ0v) is 11.2. The second-order valence-corrected chi connectivity index (χ2v) is 4.95. The van der Waals surface area contributed by atoms with E-state index in [9.17, 15) is 0 Å². The van der Waals surface area contributed by atoms with Crippen LogP contribution in [0.4, 0.5) is 0 Å². The van der Waals surface area contributed by atoms with Crippen molar-refractivity contribution in [2.24, 2.45) is 5.92 Å². The second-order valence-electron chi connectivity index (χ2n) is 4.95. The highest BCUT2D eigenvalue weighted by molar-refractivity contribution is 5.02. The fourth-order valence-electron chi connectivity index (χ4n) is 1.34. The van der Waals surface area contributed by atoms with Gasteiger partial charge in [-0.05, 0) is 45.6 Å². The fourth-order valence-corrected chi connectivity index (χ4v) is 1.34. The monoisotopic (exact) mass is 226 g/mol. The minimum atomic E-state index is -0.377. The Morgan fingerprint density at radius 1 is 1.31 bits per heavy atom. The first-order valence-corrected chi connectivity index (χ1v) is 6.22. The van der Waals surface area contributed by atoms with Crippen LogP contribution in [0.25, 0.3) is 0 Å². The van der Waals surface area contributed by atoms with E-state index in [2.05, 4.69) is 25.2 Å². The van der Waals surface area contributed by atoms with E-state index in [-0.39, 0.29) is 5.54 Å². The summed E-state index contributed by atoms with van der Waals surface area (Å²) in [6, 6.07) is 2.29. The van der Waals surface area contributed by atoms with Gasteiger partial charge in [-0.3, -0.25) is 0 Å². The maximum absolute atomic E-state index is 8.94. The molecule has 3 heteroatoms. The molecule has 1 atom stereocenters. The van der Waals surface area contributed by atoms with Crippen molar-refractivity contribution in [3.8, 4) is 6.07 Å². The first-order valence-electron chi connectivity index (χ1n) is 6.22. The van der Waals surface area contributed by atoms with E-state index in [4.69, 9.17) is 10.00 Å². The summed E-state index contributed by atoms with van der Waals surface area (Å²) < 4.78 is 5.52. The lowest BCUT2D eigenvalue weighted by Crippen LogP contribution is -2.37. The average molecular weight is 226 g/mol. The summed E-state index contributed by atoms with van der Waals surface area (Å²) in [6.45, 7) is 8.02. The molecule has 0 radical (unpaired) electrons. The van der Waals surface area contributed by atoms with Gasteiger partial charge in [0.2, 0.25) is 0 Å². The van der Waals surface area contributed by atoms with E-state index in [0.29, 0.717) is 5.92 Å². The number of unbranched alkanes of at least 4 members (excludes halogenated alkanes) is 1. The largest absolute Gasteiger partial charge is 0.381 e. The highest BCUT2D eigenvalue weighted by atomic mass is 16.5. The van der Waals surface area contributed by atoms with Crippen LogP contribution in [0.15, 0.2) is 0 Å². The normalized spacial score (nSPS) is 14.8. The lowest BCUT2D eigenvalue weighted by Gasteiger charge is -2.20. The van der Waals surface area contributed by atoms with E-state index >= 15 is 0 Å². The molecular weight excluding hydrogens is 200 g/mol. The zero-order chi connectivity index (χ0) is 12.4. The third-order valence-electron chi connectivity index (χ3n) is 2.85. The van der Waals surface area contributed by atoms with Gasteiger partial charge >= 0.3 is 0 Å². The summed E-state index contributed by atoms with van der Waals surface area (Å²) in [5.41, 5.74) is -0.377. The number of ether oxygens (including phenoxy) is 1. The average Bonchev–Trinajstić information content (AvgIpc) is 2.27. The first kappa shape index (κ1) is 15.4. The van der Waals surface area contributed by atoms with Crippen molar-refractivity contribution < 1.29 is 4.74 Å². The van der Waals surface area contributed by atoms with Crippen LogP contribution >= 0.6 is 0 Å². The van der Waals surface area contributed by atoms with Crippen molar-refractivity contribution in [2.75, 3.05) is 20.3 Å². The highest BCUT2D eigenvalue weighted by Gasteiger charge is 2.19. The van der Waals surface area contributed by atoms with E-state index in [0.717, 1.165) is 38.9 Å². The topological polar surface area (TPSA) is 45.0 Å². The molecule has 0 aliphatic carbocycles. The maximum atomic E-state index is 8.94. The molecule has 0 rings (SSSR count). The predicted molar refractivity (Wildman–Crippen MR) is 67.2 cm³/mol. The molecule has 3 nitrogen and oxygen atoms in total. The Bertz CT molecular complexity index is 210. The van der Waals surface area contributed by atoms with Gasteiger partial charge < -0.3 is 10.1 Å². The van der Waals surface area contributed by atoms with Gasteiger partial charge in [-0.1, -0.05) is 13.8 Å². The van der Waals surface area contributed by atoms with Gasteiger partial charge in [0.1, 0.15) is 5.54 Å². The quantitative estimate of drug-likeness (QED) is 0.615. The smallest absolute Gasteiger partial charge is 0.103 e. The second kappa shape index (κ2) is 8.55. The van der Waals surface area contributed by atoms with E-state index in [1.165, 1.54) is 0 Å². The van der Waals surface area contributed by atoms with Crippen LogP contribution in [0.5, 0.6) is 0 Å². The molecule has 94 valence electrons. The van der Waals surface area contributed by atoms with Gasteiger partial charge in [0, 0.05) is 13.2 Å². The molecule has 16 heavy (non-hydrogen) atoms. The van der Waals surface area contributed by atoms with Crippen LogP contribution in [0.2, 0.25) is 0 Å². The SMILES string of the molecule is CNC(C)(C#N)CCCCOCCC(C)C. The molecule has 0 saturated heterocycles. The van der Waals surface area contributed by atoms with E-state index in [1.807, 2.05) is 14.0 Å². The van der Waals surface area contributed by atoms with Gasteiger partial charge in [-0.2, -0.15) is 5.26 Å². The van der Waals surface area contributed by atoms with Crippen molar-refractivity contribution in [3.63, 3.8) is 0 Å². The Labute approximate surface area is 100 Å². The molecule has 1 unspecified atom stereocenters. The van der Waals surface area contributed by atoms with Crippen LogP contribution in [0.3, 0.4) is 0 Å². The molecule has 0 aliphatic heterocycles. The van der Waals surface area contributed by atoms with Crippen molar-refractivity contribution in [2.45, 2.75) is 52.0 Å². The summed E-state index contributed by atoms with van der Waals surface area (Å²) in [7, 11) is 1.84. The van der Waals surface area contributed by atoms with Gasteiger partial charge in [0.15, 0.2) is 0 Å². The standard InChI is InChI=1S/C13H26N2O/c1-12(2)7-10-16-9-6-5-8-13(3,11-14)15-4/h12,15H,5-10H2,1-4H3. The van der Waals surface area contributed by atoms with Crippen molar-refractivity contribution >= 4 is 0 Å². The summed E-state index contributed by atoms with van der Waals surface area (Å²) in [4.78, 5) is 0. The zero-order valence-electron chi connectivity index (χ0n) is 11.2.